The lowest BCUT2D eigenvalue weighted by molar-refractivity contribution is 0.0697. The molecule has 4 nitrogen and oxygen atoms in total. The monoisotopic (exact) mass is 270 g/mol. The lowest BCUT2D eigenvalue weighted by atomic mass is 10.1. The van der Waals surface area contributed by atoms with Crippen LogP contribution in [0.1, 0.15) is 29.8 Å². The Labute approximate surface area is 112 Å². The minimum Gasteiger partial charge on any atom is -0.478 e. The number of anilines is 1. The van der Waals surface area contributed by atoms with Crippen LogP contribution in [0.3, 0.4) is 0 Å². The molecule has 5 heteroatoms. The van der Waals surface area contributed by atoms with Gasteiger partial charge in [-0.3, -0.25) is 0 Å². The molecule has 4 N–H and O–H groups in total. The summed E-state index contributed by atoms with van der Waals surface area (Å²) in [5.41, 5.74) is 7.17. The van der Waals surface area contributed by atoms with Crippen LogP contribution in [0, 0.1) is 5.92 Å². The van der Waals surface area contributed by atoms with E-state index >= 15 is 0 Å². The predicted octanol–water partition coefficient (Wildman–Crippen LogP) is 2.41. The number of aromatic carboxylic acids is 1. The summed E-state index contributed by atoms with van der Waals surface area (Å²) in [5, 5.41) is 12.5. The third-order valence-electron chi connectivity index (χ3n) is 2.61. The average molecular weight is 271 g/mol. The summed E-state index contributed by atoms with van der Waals surface area (Å²) in [6.45, 7) is 5.89. The van der Waals surface area contributed by atoms with Crippen molar-refractivity contribution in [2.75, 3.05) is 18.8 Å². The Hall–Kier alpha value is -1.26. The second-order valence-corrected chi connectivity index (χ2v) is 5.03. The summed E-state index contributed by atoms with van der Waals surface area (Å²) in [4.78, 5) is 11.0. The first-order valence-corrected chi connectivity index (χ1v) is 6.32. The molecule has 18 heavy (non-hydrogen) atoms. The van der Waals surface area contributed by atoms with Crippen molar-refractivity contribution in [2.24, 2.45) is 5.92 Å². The van der Waals surface area contributed by atoms with Gasteiger partial charge in [0.05, 0.1) is 10.6 Å². The lowest BCUT2D eigenvalue weighted by Crippen LogP contribution is -2.22. The molecule has 0 radical (unpaired) electrons. The summed E-state index contributed by atoms with van der Waals surface area (Å²) in [7, 11) is 0. The van der Waals surface area contributed by atoms with Gasteiger partial charge >= 0.3 is 5.97 Å². The summed E-state index contributed by atoms with van der Waals surface area (Å²) >= 11 is 6.06. The van der Waals surface area contributed by atoms with Crippen molar-refractivity contribution in [3.05, 3.63) is 28.3 Å². The van der Waals surface area contributed by atoms with E-state index in [1.807, 2.05) is 0 Å². The molecule has 0 aliphatic rings. The predicted molar refractivity (Wildman–Crippen MR) is 74.2 cm³/mol. The first-order chi connectivity index (χ1) is 8.43. The highest BCUT2D eigenvalue weighted by molar-refractivity contribution is 6.34. The van der Waals surface area contributed by atoms with Crippen molar-refractivity contribution in [2.45, 2.75) is 20.3 Å². The summed E-state index contributed by atoms with van der Waals surface area (Å²) in [5.74, 6) is -0.459. The molecule has 0 aliphatic heterocycles. The Morgan fingerprint density at radius 1 is 1.50 bits per heavy atom. The molecule has 0 saturated carbocycles. The number of nitrogens with two attached hydrogens (primary N) is 1. The van der Waals surface area contributed by atoms with Crippen LogP contribution >= 0.6 is 11.6 Å². The second-order valence-electron chi connectivity index (χ2n) is 4.65. The topological polar surface area (TPSA) is 75.3 Å². The van der Waals surface area contributed by atoms with Gasteiger partial charge in [0, 0.05) is 5.69 Å². The smallest absolute Gasteiger partial charge is 0.337 e. The van der Waals surface area contributed by atoms with Crippen LogP contribution in [0.4, 0.5) is 5.69 Å². The van der Waals surface area contributed by atoms with Crippen molar-refractivity contribution in [3.8, 4) is 0 Å². The minimum absolute atomic E-state index is 0.102. The molecular weight excluding hydrogens is 252 g/mol. The van der Waals surface area contributed by atoms with E-state index < -0.39 is 5.97 Å². The Morgan fingerprint density at radius 2 is 2.17 bits per heavy atom. The number of carbonyl (C=O) groups is 1. The molecule has 0 bridgehead atoms. The third-order valence-corrected chi connectivity index (χ3v) is 3.05. The van der Waals surface area contributed by atoms with E-state index in [9.17, 15) is 4.79 Å². The summed E-state index contributed by atoms with van der Waals surface area (Å²) in [6, 6.07) is 3.03. The van der Waals surface area contributed by atoms with E-state index in [2.05, 4.69) is 19.2 Å². The molecule has 100 valence electrons. The molecule has 0 heterocycles. The zero-order valence-corrected chi connectivity index (χ0v) is 11.4. The van der Waals surface area contributed by atoms with Gasteiger partial charge < -0.3 is 16.2 Å². The highest BCUT2D eigenvalue weighted by Gasteiger charge is 2.14. The van der Waals surface area contributed by atoms with Gasteiger partial charge in [0.2, 0.25) is 0 Å². The maximum atomic E-state index is 11.0. The van der Waals surface area contributed by atoms with Crippen molar-refractivity contribution in [1.82, 2.24) is 5.32 Å². The van der Waals surface area contributed by atoms with Crippen LogP contribution < -0.4 is 11.1 Å². The molecule has 1 rings (SSSR count). The molecule has 0 saturated heterocycles. The zero-order valence-electron chi connectivity index (χ0n) is 10.7. The maximum Gasteiger partial charge on any atom is 0.337 e. The number of carboxylic acid groups (broad SMARTS) is 1. The molecular formula is C13H19ClN2O2. The molecule has 1 aromatic rings. The number of carboxylic acids is 1. The zero-order chi connectivity index (χ0) is 13.7. The fourth-order valence-corrected chi connectivity index (χ4v) is 2.01. The van der Waals surface area contributed by atoms with Crippen LogP contribution in [0.5, 0.6) is 0 Å². The van der Waals surface area contributed by atoms with Crippen LogP contribution in [0.25, 0.3) is 0 Å². The number of rotatable bonds is 6. The van der Waals surface area contributed by atoms with Gasteiger partial charge in [0.1, 0.15) is 0 Å². The Morgan fingerprint density at radius 3 is 2.72 bits per heavy atom. The van der Waals surface area contributed by atoms with Crippen molar-refractivity contribution >= 4 is 23.3 Å². The normalized spacial score (nSPS) is 10.9. The molecule has 0 amide bonds. The summed E-state index contributed by atoms with van der Waals surface area (Å²) < 4.78 is 0. The molecule has 0 spiro atoms. The second kappa shape index (κ2) is 6.61. The highest BCUT2D eigenvalue weighted by atomic mass is 35.5. The summed E-state index contributed by atoms with van der Waals surface area (Å²) in [6.07, 6.45) is 0.624. The molecule has 0 aliphatic carbocycles. The standard InChI is InChI=1S/C13H19ClN2O2/c1-8(2)7-16-6-5-9-11(15)4-3-10(12(9)14)13(17)18/h3-4,8,16H,5-7,15H2,1-2H3,(H,17,18). The van der Waals surface area contributed by atoms with Gasteiger partial charge in [0.15, 0.2) is 0 Å². The minimum atomic E-state index is -1.03. The average Bonchev–Trinajstić information content (AvgIpc) is 2.26. The number of nitrogen functional groups attached to an aromatic ring is 1. The number of nitrogens with one attached hydrogen (secondary N) is 1. The van der Waals surface area contributed by atoms with E-state index in [1.165, 1.54) is 6.07 Å². The van der Waals surface area contributed by atoms with Gasteiger partial charge in [-0.1, -0.05) is 25.4 Å². The first-order valence-electron chi connectivity index (χ1n) is 5.94. The highest BCUT2D eigenvalue weighted by Crippen LogP contribution is 2.26. The van der Waals surface area contributed by atoms with Gasteiger partial charge in [-0.05, 0) is 43.1 Å². The van der Waals surface area contributed by atoms with E-state index in [1.54, 1.807) is 6.07 Å². The first kappa shape index (κ1) is 14.8. The number of hydrogen-bond acceptors (Lipinski definition) is 3. The number of benzene rings is 1. The number of hydrogen-bond donors (Lipinski definition) is 3. The third kappa shape index (κ3) is 3.89. The van der Waals surface area contributed by atoms with E-state index in [0.29, 0.717) is 23.6 Å². The molecule has 0 fully saturated rings. The SMILES string of the molecule is CC(C)CNCCc1c(N)ccc(C(=O)O)c1Cl. The van der Waals surface area contributed by atoms with Gasteiger partial charge in [-0.15, -0.1) is 0 Å². The largest absolute Gasteiger partial charge is 0.478 e. The Balaban J connectivity index is 2.75. The number of halogens is 1. The van der Waals surface area contributed by atoms with E-state index in [-0.39, 0.29) is 10.6 Å². The molecule has 1 aromatic carbocycles. The van der Waals surface area contributed by atoms with E-state index in [0.717, 1.165) is 13.1 Å². The van der Waals surface area contributed by atoms with Crippen molar-refractivity contribution in [1.29, 1.82) is 0 Å². The molecule has 0 atom stereocenters. The van der Waals surface area contributed by atoms with Crippen molar-refractivity contribution in [3.63, 3.8) is 0 Å². The van der Waals surface area contributed by atoms with E-state index in [4.69, 9.17) is 22.4 Å². The van der Waals surface area contributed by atoms with Crippen LogP contribution in [-0.2, 0) is 6.42 Å². The Kier molecular flexibility index (Phi) is 5.44. The molecule has 0 unspecified atom stereocenters. The van der Waals surface area contributed by atoms with Crippen LogP contribution in [0.15, 0.2) is 12.1 Å². The fraction of sp³-hybridized carbons (Fsp3) is 0.462. The van der Waals surface area contributed by atoms with Gasteiger partial charge in [0.25, 0.3) is 0 Å². The van der Waals surface area contributed by atoms with Crippen LogP contribution in [0.2, 0.25) is 5.02 Å². The van der Waals surface area contributed by atoms with Gasteiger partial charge in [-0.25, -0.2) is 4.79 Å². The fourth-order valence-electron chi connectivity index (χ4n) is 1.66. The van der Waals surface area contributed by atoms with Crippen molar-refractivity contribution < 1.29 is 9.90 Å². The molecule has 0 aromatic heterocycles. The Bertz CT molecular complexity index is 433. The quantitative estimate of drug-likeness (QED) is 0.548. The van der Waals surface area contributed by atoms with Crippen LogP contribution in [-0.4, -0.2) is 24.2 Å². The lowest BCUT2D eigenvalue weighted by Gasteiger charge is -2.12. The van der Waals surface area contributed by atoms with Gasteiger partial charge in [-0.2, -0.15) is 0 Å². The maximum absolute atomic E-state index is 11.0.